The van der Waals surface area contributed by atoms with E-state index in [1.54, 1.807) is 4.90 Å². The number of H-pyrrole nitrogens is 1. The average molecular weight is 494 g/mol. The third-order valence-corrected chi connectivity index (χ3v) is 6.49. The molecule has 0 radical (unpaired) electrons. The Bertz CT molecular complexity index is 1240. The number of phenols is 1. The zero-order valence-electron chi connectivity index (χ0n) is 21.4. The predicted octanol–water partition coefficient (Wildman–Crippen LogP) is 4.90. The van der Waals surface area contributed by atoms with Crippen molar-refractivity contribution in [2.45, 2.75) is 53.0 Å². The summed E-state index contributed by atoms with van der Waals surface area (Å²) in [7, 11) is 0. The van der Waals surface area contributed by atoms with Crippen LogP contribution in [0.5, 0.6) is 17.2 Å². The van der Waals surface area contributed by atoms with Crippen molar-refractivity contribution in [1.29, 1.82) is 0 Å². The van der Waals surface area contributed by atoms with Gasteiger partial charge in [0.25, 0.3) is 5.91 Å². The van der Waals surface area contributed by atoms with E-state index in [-0.39, 0.29) is 24.8 Å². The molecule has 0 aliphatic carbocycles. The Morgan fingerprint density at radius 3 is 2.61 bits per heavy atom. The van der Waals surface area contributed by atoms with Gasteiger partial charge in [0.2, 0.25) is 0 Å². The molecule has 1 aromatic heterocycles. The fraction of sp³-hybridized carbons (Fsp3) is 0.429. The van der Waals surface area contributed by atoms with E-state index in [0.717, 1.165) is 36.0 Å². The summed E-state index contributed by atoms with van der Waals surface area (Å²) in [5.41, 5.74) is 4.64. The van der Waals surface area contributed by atoms with Crippen LogP contribution in [0.2, 0.25) is 0 Å². The lowest BCUT2D eigenvalue weighted by Crippen LogP contribution is -2.32. The summed E-state index contributed by atoms with van der Waals surface area (Å²) in [4.78, 5) is 15.0. The fourth-order valence-electron chi connectivity index (χ4n) is 4.84. The van der Waals surface area contributed by atoms with E-state index in [1.807, 2.05) is 51.1 Å². The van der Waals surface area contributed by atoms with Gasteiger partial charge in [-0.2, -0.15) is 5.10 Å². The summed E-state index contributed by atoms with van der Waals surface area (Å²) in [6.45, 7) is 8.91. The van der Waals surface area contributed by atoms with Gasteiger partial charge in [0.05, 0.1) is 25.9 Å². The molecule has 2 aromatic carbocycles. The minimum Gasteiger partial charge on any atom is -0.507 e. The Hall–Kier alpha value is -3.52. The standard InChI is InChI=1S/C28H35N3O5/c1-5-7-8-13-36-21-10-9-19(16-22(21)35-6-2)26-23-24(20-15-17(3)14-18(4)27(20)33)29-30-25(23)28(34)31(26)11-12-32/h9-10,14-16,26,32-33H,5-8,11-13H2,1-4H3,(H,29,30). The smallest absolute Gasteiger partial charge is 0.273 e. The van der Waals surface area contributed by atoms with E-state index in [9.17, 15) is 15.0 Å². The predicted molar refractivity (Wildman–Crippen MR) is 138 cm³/mol. The number of unbranched alkanes of at least 4 members (excludes halogenated alkanes) is 2. The van der Waals surface area contributed by atoms with Gasteiger partial charge < -0.3 is 24.6 Å². The normalized spacial score (nSPS) is 14.9. The number of carbonyl (C=O) groups is 1. The summed E-state index contributed by atoms with van der Waals surface area (Å²) < 4.78 is 11.9. The number of aryl methyl sites for hydroxylation is 2. The summed E-state index contributed by atoms with van der Waals surface area (Å²) in [5.74, 6) is 1.15. The van der Waals surface area contributed by atoms with Crippen LogP contribution in [0.25, 0.3) is 11.3 Å². The van der Waals surface area contributed by atoms with E-state index in [2.05, 4.69) is 17.1 Å². The maximum Gasteiger partial charge on any atom is 0.273 e. The van der Waals surface area contributed by atoms with Gasteiger partial charge in [-0.15, -0.1) is 0 Å². The SMILES string of the molecule is CCCCCOc1ccc(C2c3c(-c4cc(C)cc(C)c4O)n[nH]c3C(=O)N2CCO)cc1OCC. The molecule has 3 aromatic rings. The largest absolute Gasteiger partial charge is 0.507 e. The molecule has 1 unspecified atom stereocenters. The molecule has 3 N–H and O–H groups in total. The Morgan fingerprint density at radius 2 is 1.89 bits per heavy atom. The molecule has 1 aliphatic heterocycles. The van der Waals surface area contributed by atoms with Crippen molar-refractivity contribution in [3.63, 3.8) is 0 Å². The quantitative estimate of drug-likeness (QED) is 0.328. The second kappa shape index (κ2) is 11.0. The highest BCUT2D eigenvalue weighted by atomic mass is 16.5. The van der Waals surface area contributed by atoms with Crippen molar-refractivity contribution in [3.05, 3.63) is 58.3 Å². The van der Waals surface area contributed by atoms with Crippen LogP contribution in [-0.2, 0) is 0 Å². The molecule has 4 rings (SSSR count). The van der Waals surface area contributed by atoms with E-state index < -0.39 is 6.04 Å². The highest BCUT2D eigenvalue weighted by Crippen LogP contribution is 2.46. The van der Waals surface area contributed by atoms with Gasteiger partial charge in [-0.05, 0) is 62.1 Å². The number of nitrogens with zero attached hydrogens (tertiary/aromatic N) is 2. The van der Waals surface area contributed by atoms with Crippen LogP contribution in [0.4, 0.5) is 0 Å². The number of rotatable bonds is 11. The molecule has 1 atom stereocenters. The molecule has 0 saturated heterocycles. The first-order valence-electron chi connectivity index (χ1n) is 12.6. The molecule has 0 fully saturated rings. The summed E-state index contributed by atoms with van der Waals surface area (Å²) in [6.07, 6.45) is 3.18. The summed E-state index contributed by atoms with van der Waals surface area (Å²) >= 11 is 0. The number of hydrogen-bond donors (Lipinski definition) is 3. The molecule has 1 aliphatic rings. The number of carbonyl (C=O) groups excluding carboxylic acids is 1. The Balaban J connectivity index is 1.81. The lowest BCUT2D eigenvalue weighted by Gasteiger charge is -2.26. The fourth-order valence-corrected chi connectivity index (χ4v) is 4.84. The molecule has 1 amide bonds. The number of aromatic nitrogens is 2. The van der Waals surface area contributed by atoms with E-state index >= 15 is 0 Å². The van der Waals surface area contributed by atoms with Crippen LogP contribution in [0.1, 0.15) is 71.9 Å². The van der Waals surface area contributed by atoms with E-state index in [1.165, 1.54) is 0 Å². The Kier molecular flexibility index (Phi) is 7.84. The first kappa shape index (κ1) is 25.6. The number of phenolic OH excluding ortho intramolecular Hbond substituents is 1. The average Bonchev–Trinajstić information content (AvgIpc) is 3.39. The first-order valence-corrected chi connectivity index (χ1v) is 12.6. The number of aromatic hydroxyl groups is 1. The number of nitrogens with one attached hydrogen (secondary N) is 1. The van der Waals surface area contributed by atoms with Crippen LogP contribution in [0, 0.1) is 13.8 Å². The molecule has 0 bridgehead atoms. The van der Waals surface area contributed by atoms with Gasteiger partial charge >= 0.3 is 0 Å². The summed E-state index contributed by atoms with van der Waals surface area (Å²) in [5, 5.41) is 28.0. The second-order valence-electron chi connectivity index (χ2n) is 9.16. The van der Waals surface area contributed by atoms with Gasteiger partial charge in [0.15, 0.2) is 11.5 Å². The molecule has 8 heteroatoms. The zero-order chi connectivity index (χ0) is 25.8. The molecule has 36 heavy (non-hydrogen) atoms. The van der Waals surface area contributed by atoms with Crippen molar-refractivity contribution in [1.82, 2.24) is 15.1 Å². The molecular weight excluding hydrogens is 458 g/mol. The van der Waals surface area contributed by atoms with E-state index in [4.69, 9.17) is 9.47 Å². The lowest BCUT2D eigenvalue weighted by atomic mass is 9.94. The van der Waals surface area contributed by atoms with Gasteiger partial charge in [-0.25, -0.2) is 0 Å². The van der Waals surface area contributed by atoms with Crippen LogP contribution in [-0.4, -0.2) is 57.6 Å². The molecule has 8 nitrogen and oxygen atoms in total. The van der Waals surface area contributed by atoms with Crippen molar-refractivity contribution >= 4 is 5.91 Å². The molecule has 0 spiro atoms. The number of hydrogen-bond acceptors (Lipinski definition) is 6. The number of β-amino-alcohol motifs (C(OH)–C–C–N with tert-alkyl or cyclic N) is 1. The zero-order valence-corrected chi connectivity index (χ0v) is 21.4. The third-order valence-electron chi connectivity index (χ3n) is 6.49. The van der Waals surface area contributed by atoms with Crippen molar-refractivity contribution in [3.8, 4) is 28.5 Å². The monoisotopic (exact) mass is 493 g/mol. The van der Waals surface area contributed by atoms with Crippen molar-refractivity contribution in [2.75, 3.05) is 26.4 Å². The number of aliphatic hydroxyl groups excluding tert-OH is 1. The minimum atomic E-state index is -0.512. The number of aromatic amines is 1. The van der Waals surface area contributed by atoms with Gasteiger partial charge in [0, 0.05) is 17.7 Å². The van der Waals surface area contributed by atoms with Crippen LogP contribution in [0.15, 0.2) is 30.3 Å². The number of benzene rings is 2. The third kappa shape index (κ3) is 4.78. The molecule has 0 saturated carbocycles. The van der Waals surface area contributed by atoms with Gasteiger partial charge in [0.1, 0.15) is 17.1 Å². The molecule has 2 heterocycles. The number of aliphatic hydroxyl groups is 1. The second-order valence-corrected chi connectivity index (χ2v) is 9.16. The number of amides is 1. The van der Waals surface area contributed by atoms with Gasteiger partial charge in [-0.1, -0.05) is 31.9 Å². The van der Waals surface area contributed by atoms with Gasteiger partial charge in [-0.3, -0.25) is 9.89 Å². The molecular formula is C28H35N3O5. The highest BCUT2D eigenvalue weighted by Gasteiger charge is 2.42. The lowest BCUT2D eigenvalue weighted by molar-refractivity contribution is 0.0706. The first-order chi connectivity index (χ1) is 17.4. The van der Waals surface area contributed by atoms with Crippen LogP contribution < -0.4 is 9.47 Å². The Labute approximate surface area is 211 Å². The molecule has 192 valence electrons. The maximum atomic E-state index is 13.3. The minimum absolute atomic E-state index is 0.132. The number of ether oxygens (including phenoxy) is 2. The van der Waals surface area contributed by atoms with Crippen LogP contribution >= 0.6 is 0 Å². The van der Waals surface area contributed by atoms with Crippen LogP contribution in [0.3, 0.4) is 0 Å². The topological polar surface area (TPSA) is 108 Å². The summed E-state index contributed by atoms with van der Waals surface area (Å²) in [6, 6.07) is 8.96. The van der Waals surface area contributed by atoms with Crippen molar-refractivity contribution in [2.24, 2.45) is 0 Å². The maximum absolute atomic E-state index is 13.3. The Morgan fingerprint density at radius 1 is 1.08 bits per heavy atom. The number of fused-ring (bicyclic) bond motifs is 1. The highest BCUT2D eigenvalue weighted by molar-refractivity contribution is 6.00. The van der Waals surface area contributed by atoms with Crippen molar-refractivity contribution < 1.29 is 24.5 Å². The van der Waals surface area contributed by atoms with E-state index in [0.29, 0.717) is 47.2 Å².